The van der Waals surface area contributed by atoms with E-state index in [2.05, 4.69) is 27.7 Å². The van der Waals surface area contributed by atoms with Crippen molar-refractivity contribution < 1.29 is 13.6 Å². The number of rotatable bonds is 3. The average molecular weight is 261 g/mol. The first kappa shape index (κ1) is 15.4. The Bertz CT molecular complexity index is 261. The van der Waals surface area contributed by atoms with Crippen LogP contribution in [-0.2, 0) is 4.79 Å². The maximum Gasteiger partial charge on any atom is 0.315 e. The fourth-order valence-electron chi connectivity index (χ4n) is 3.16. The first-order valence-corrected chi connectivity index (χ1v) is 6.91. The van der Waals surface area contributed by atoms with Crippen LogP contribution in [-0.4, -0.2) is 30.3 Å². The quantitative estimate of drug-likeness (QED) is 0.762. The smallest absolute Gasteiger partial charge is 0.315 e. The van der Waals surface area contributed by atoms with E-state index in [-0.39, 0.29) is 0 Å². The van der Waals surface area contributed by atoms with E-state index in [1.165, 1.54) is 4.90 Å². The van der Waals surface area contributed by atoms with Crippen LogP contribution in [0.1, 0.15) is 40.5 Å². The number of hydrogen-bond donors (Lipinski definition) is 0. The Morgan fingerprint density at radius 3 is 1.67 bits per heavy atom. The summed E-state index contributed by atoms with van der Waals surface area (Å²) in [6, 6.07) is 0. The molecule has 0 aromatic rings. The van der Waals surface area contributed by atoms with Crippen LogP contribution in [0.15, 0.2) is 0 Å². The number of nitrogens with zero attached hydrogens (tertiary/aromatic N) is 1. The van der Waals surface area contributed by atoms with E-state index < -0.39 is 12.3 Å². The van der Waals surface area contributed by atoms with Crippen LogP contribution >= 0.6 is 0 Å². The highest BCUT2D eigenvalue weighted by Crippen LogP contribution is 2.35. The van der Waals surface area contributed by atoms with Crippen LogP contribution in [0.3, 0.4) is 0 Å². The zero-order valence-electron chi connectivity index (χ0n) is 11.8. The van der Waals surface area contributed by atoms with Crippen molar-refractivity contribution in [3.63, 3.8) is 0 Å². The Hall–Kier alpha value is -0.670. The zero-order valence-corrected chi connectivity index (χ0v) is 11.8. The van der Waals surface area contributed by atoms with Crippen molar-refractivity contribution >= 4 is 5.91 Å². The molecule has 2 atom stereocenters. The fraction of sp³-hybridized carbons (Fsp3) is 0.929. The molecule has 0 N–H and O–H groups in total. The SMILES string of the molecule is CC(C)C1CCN(C(=O)C(F)F)CCC1C(C)C. The number of hydrogen-bond acceptors (Lipinski definition) is 1. The molecule has 4 heteroatoms. The molecule has 0 spiro atoms. The average Bonchev–Trinajstić information content (AvgIpc) is 2.49. The molecule has 1 aliphatic rings. The van der Waals surface area contributed by atoms with Crippen molar-refractivity contribution in [3.8, 4) is 0 Å². The van der Waals surface area contributed by atoms with Gasteiger partial charge >= 0.3 is 6.43 Å². The second-order valence-corrected chi connectivity index (χ2v) is 6.02. The zero-order chi connectivity index (χ0) is 13.9. The van der Waals surface area contributed by atoms with Gasteiger partial charge in [-0.05, 0) is 36.5 Å². The molecule has 1 amide bonds. The van der Waals surface area contributed by atoms with Crippen LogP contribution in [0.5, 0.6) is 0 Å². The van der Waals surface area contributed by atoms with Gasteiger partial charge in [0.1, 0.15) is 0 Å². The molecule has 1 heterocycles. The Balaban J connectivity index is 2.74. The minimum absolute atomic E-state index is 0.481. The molecule has 1 saturated heterocycles. The molecule has 0 aromatic carbocycles. The molecule has 1 aliphatic heterocycles. The number of alkyl halides is 2. The standard InChI is InChI=1S/C14H25F2NO/c1-9(2)11-5-7-17(14(18)13(15)16)8-6-12(11)10(3)4/h9-13H,5-8H2,1-4H3. The normalized spacial score (nSPS) is 25.9. The molecular formula is C14H25F2NO. The van der Waals surface area contributed by atoms with Crippen LogP contribution in [0, 0.1) is 23.7 Å². The monoisotopic (exact) mass is 261 g/mol. The van der Waals surface area contributed by atoms with Crippen LogP contribution in [0.2, 0.25) is 0 Å². The molecular weight excluding hydrogens is 236 g/mol. The molecule has 0 aliphatic carbocycles. The molecule has 2 nitrogen and oxygen atoms in total. The van der Waals surface area contributed by atoms with E-state index in [0.717, 1.165) is 12.8 Å². The van der Waals surface area contributed by atoms with Crippen molar-refractivity contribution in [1.29, 1.82) is 0 Å². The van der Waals surface area contributed by atoms with Gasteiger partial charge in [0.15, 0.2) is 0 Å². The van der Waals surface area contributed by atoms with Crippen molar-refractivity contribution in [1.82, 2.24) is 4.90 Å². The minimum Gasteiger partial charge on any atom is -0.338 e. The van der Waals surface area contributed by atoms with Gasteiger partial charge in [0.25, 0.3) is 5.91 Å². The molecule has 0 aromatic heterocycles. The number of carbonyl (C=O) groups is 1. The number of likely N-dealkylation sites (tertiary alicyclic amines) is 1. The van der Waals surface area contributed by atoms with Crippen LogP contribution < -0.4 is 0 Å². The molecule has 0 saturated carbocycles. The van der Waals surface area contributed by atoms with Crippen molar-refractivity contribution in [2.45, 2.75) is 47.0 Å². The topological polar surface area (TPSA) is 20.3 Å². The lowest BCUT2D eigenvalue weighted by Crippen LogP contribution is -2.36. The highest BCUT2D eigenvalue weighted by molar-refractivity contribution is 5.79. The predicted molar refractivity (Wildman–Crippen MR) is 68.5 cm³/mol. The predicted octanol–water partition coefficient (Wildman–Crippen LogP) is 3.42. The Morgan fingerprint density at radius 1 is 1.00 bits per heavy atom. The summed E-state index contributed by atoms with van der Waals surface area (Å²) in [5, 5.41) is 0. The van der Waals surface area contributed by atoms with Crippen LogP contribution in [0.4, 0.5) is 8.78 Å². The van der Waals surface area contributed by atoms with Gasteiger partial charge in [-0.25, -0.2) is 0 Å². The van der Waals surface area contributed by atoms with Gasteiger partial charge in [0, 0.05) is 13.1 Å². The maximum absolute atomic E-state index is 12.5. The van der Waals surface area contributed by atoms with Gasteiger partial charge in [-0.15, -0.1) is 0 Å². The summed E-state index contributed by atoms with van der Waals surface area (Å²) < 4.78 is 24.9. The van der Waals surface area contributed by atoms with Gasteiger partial charge in [-0.3, -0.25) is 4.79 Å². The third-order valence-electron chi connectivity index (χ3n) is 4.23. The summed E-state index contributed by atoms with van der Waals surface area (Å²) in [6.45, 7) is 9.70. The van der Waals surface area contributed by atoms with Gasteiger partial charge in [-0.1, -0.05) is 27.7 Å². The second-order valence-electron chi connectivity index (χ2n) is 6.02. The molecule has 0 radical (unpaired) electrons. The van der Waals surface area contributed by atoms with Crippen molar-refractivity contribution in [2.24, 2.45) is 23.7 Å². The second kappa shape index (κ2) is 6.48. The lowest BCUT2D eigenvalue weighted by molar-refractivity contribution is -0.142. The Labute approximate surface area is 109 Å². The van der Waals surface area contributed by atoms with E-state index in [9.17, 15) is 13.6 Å². The Morgan fingerprint density at radius 2 is 1.39 bits per heavy atom. The molecule has 106 valence electrons. The molecule has 1 rings (SSSR count). The summed E-state index contributed by atoms with van der Waals surface area (Å²) in [4.78, 5) is 12.7. The third-order valence-corrected chi connectivity index (χ3v) is 4.23. The summed E-state index contributed by atoms with van der Waals surface area (Å²) in [7, 11) is 0. The molecule has 2 unspecified atom stereocenters. The van der Waals surface area contributed by atoms with Gasteiger partial charge < -0.3 is 4.90 Å². The highest BCUT2D eigenvalue weighted by Gasteiger charge is 2.33. The van der Waals surface area contributed by atoms with Crippen molar-refractivity contribution in [2.75, 3.05) is 13.1 Å². The number of amides is 1. The highest BCUT2D eigenvalue weighted by atomic mass is 19.3. The van der Waals surface area contributed by atoms with E-state index in [1.807, 2.05) is 0 Å². The largest absolute Gasteiger partial charge is 0.338 e. The lowest BCUT2D eigenvalue weighted by Gasteiger charge is -2.30. The summed E-state index contributed by atoms with van der Waals surface area (Å²) in [5.74, 6) is 1.14. The lowest BCUT2D eigenvalue weighted by atomic mass is 9.74. The molecule has 1 fully saturated rings. The number of carbonyl (C=O) groups excluding carboxylic acids is 1. The van der Waals surface area contributed by atoms with E-state index >= 15 is 0 Å². The molecule has 18 heavy (non-hydrogen) atoms. The Kier molecular flexibility index (Phi) is 5.54. The fourth-order valence-corrected chi connectivity index (χ4v) is 3.16. The van der Waals surface area contributed by atoms with Gasteiger partial charge in [0.05, 0.1) is 0 Å². The van der Waals surface area contributed by atoms with E-state index in [4.69, 9.17) is 0 Å². The summed E-state index contributed by atoms with van der Waals surface area (Å²) in [5.41, 5.74) is 0. The van der Waals surface area contributed by atoms with Crippen LogP contribution in [0.25, 0.3) is 0 Å². The minimum atomic E-state index is -2.86. The van der Waals surface area contributed by atoms with Crippen molar-refractivity contribution in [3.05, 3.63) is 0 Å². The first-order chi connectivity index (χ1) is 8.34. The van der Waals surface area contributed by atoms with Gasteiger partial charge in [-0.2, -0.15) is 8.78 Å². The maximum atomic E-state index is 12.5. The summed E-state index contributed by atoms with van der Waals surface area (Å²) >= 11 is 0. The van der Waals surface area contributed by atoms with Gasteiger partial charge in [0.2, 0.25) is 0 Å². The number of halogens is 2. The summed E-state index contributed by atoms with van der Waals surface area (Å²) in [6.07, 6.45) is -1.17. The van der Waals surface area contributed by atoms with E-state index in [0.29, 0.717) is 36.8 Å². The molecule has 0 bridgehead atoms. The van der Waals surface area contributed by atoms with E-state index in [1.54, 1.807) is 0 Å². The third kappa shape index (κ3) is 3.66. The first-order valence-electron chi connectivity index (χ1n) is 6.91.